The molecule has 2 N–H and O–H groups in total. The summed E-state index contributed by atoms with van der Waals surface area (Å²) in [6.45, 7) is 5.92. The summed E-state index contributed by atoms with van der Waals surface area (Å²) in [7, 11) is 3.72. The van der Waals surface area contributed by atoms with Gasteiger partial charge in [0, 0.05) is 26.7 Å². The van der Waals surface area contributed by atoms with E-state index >= 15 is 0 Å². The minimum atomic E-state index is -0.743. The lowest BCUT2D eigenvalue weighted by Crippen LogP contribution is -2.36. The molecule has 1 heterocycles. The van der Waals surface area contributed by atoms with Gasteiger partial charge in [0.15, 0.2) is 0 Å². The zero-order chi connectivity index (χ0) is 12.3. The lowest BCUT2D eigenvalue weighted by Gasteiger charge is -2.26. The van der Waals surface area contributed by atoms with Gasteiger partial charge in [-0.2, -0.15) is 0 Å². The summed E-state index contributed by atoms with van der Waals surface area (Å²) in [5.74, 6) is 2.30. The van der Waals surface area contributed by atoms with Crippen LogP contribution in [0.3, 0.4) is 0 Å². The fourth-order valence-corrected chi connectivity index (χ4v) is 1.54. The van der Waals surface area contributed by atoms with Gasteiger partial charge in [0.2, 0.25) is 0 Å². The van der Waals surface area contributed by atoms with E-state index in [0.29, 0.717) is 12.4 Å². The molecule has 0 saturated carbocycles. The second-order valence-electron chi connectivity index (χ2n) is 4.58. The summed E-state index contributed by atoms with van der Waals surface area (Å²) in [6, 6.07) is 1.86. The summed E-state index contributed by atoms with van der Waals surface area (Å²) in [5.41, 5.74) is -0.743. The molecule has 90 valence electrons. The van der Waals surface area contributed by atoms with Crippen molar-refractivity contribution < 1.29 is 5.11 Å². The molecule has 0 amide bonds. The van der Waals surface area contributed by atoms with E-state index in [0.717, 1.165) is 11.6 Å². The van der Waals surface area contributed by atoms with Gasteiger partial charge in [-0.1, -0.05) is 0 Å². The van der Waals surface area contributed by atoms with Crippen molar-refractivity contribution in [1.82, 2.24) is 9.97 Å². The number of aromatic nitrogens is 2. The molecule has 16 heavy (non-hydrogen) atoms. The second-order valence-corrected chi connectivity index (χ2v) is 4.58. The maximum absolute atomic E-state index is 9.74. The highest BCUT2D eigenvalue weighted by molar-refractivity contribution is 5.48. The molecule has 0 aliphatic carbocycles. The third kappa shape index (κ3) is 3.66. The number of anilines is 2. The van der Waals surface area contributed by atoms with Crippen molar-refractivity contribution in [2.75, 3.05) is 30.9 Å². The maximum Gasteiger partial charge on any atom is 0.134 e. The maximum atomic E-state index is 9.74. The fraction of sp³-hybridized carbons (Fsp3) is 0.636. The van der Waals surface area contributed by atoms with Crippen LogP contribution in [0.4, 0.5) is 11.6 Å². The summed E-state index contributed by atoms with van der Waals surface area (Å²) in [4.78, 5) is 10.5. The number of nitrogens with one attached hydrogen (secondary N) is 1. The Bertz CT molecular complexity index is 359. The van der Waals surface area contributed by atoms with Crippen LogP contribution >= 0.6 is 0 Å². The standard InChI is InChI=1S/C11H20N4O/c1-8-13-9(12-4)6-10(14-8)15(5)7-11(2,3)16/h6,16H,7H2,1-5H3,(H,12,13,14). The van der Waals surface area contributed by atoms with E-state index in [2.05, 4.69) is 15.3 Å². The molecule has 0 fully saturated rings. The molecule has 0 spiro atoms. The lowest BCUT2D eigenvalue weighted by atomic mass is 10.1. The van der Waals surface area contributed by atoms with Crippen LogP contribution in [0.2, 0.25) is 0 Å². The zero-order valence-electron chi connectivity index (χ0n) is 10.6. The van der Waals surface area contributed by atoms with Crippen LogP contribution in [-0.4, -0.2) is 41.3 Å². The van der Waals surface area contributed by atoms with Crippen molar-refractivity contribution in [3.63, 3.8) is 0 Å². The minimum absolute atomic E-state index is 0.520. The number of aryl methyl sites for hydroxylation is 1. The SMILES string of the molecule is CNc1cc(N(C)CC(C)(C)O)nc(C)n1. The van der Waals surface area contributed by atoms with Crippen LogP contribution < -0.4 is 10.2 Å². The quantitative estimate of drug-likeness (QED) is 0.800. The molecule has 1 aromatic rings. The first-order valence-corrected chi connectivity index (χ1v) is 5.29. The molecule has 0 atom stereocenters. The molecule has 1 rings (SSSR count). The van der Waals surface area contributed by atoms with Gasteiger partial charge >= 0.3 is 0 Å². The number of likely N-dealkylation sites (N-methyl/N-ethyl adjacent to an activating group) is 1. The molecule has 0 aromatic carbocycles. The van der Waals surface area contributed by atoms with E-state index < -0.39 is 5.60 Å². The number of hydrogen-bond acceptors (Lipinski definition) is 5. The fourth-order valence-electron chi connectivity index (χ4n) is 1.54. The van der Waals surface area contributed by atoms with E-state index in [4.69, 9.17) is 0 Å². The third-order valence-electron chi connectivity index (χ3n) is 2.10. The second kappa shape index (κ2) is 4.65. The van der Waals surface area contributed by atoms with Crippen molar-refractivity contribution in [2.24, 2.45) is 0 Å². The van der Waals surface area contributed by atoms with E-state index in [-0.39, 0.29) is 0 Å². The lowest BCUT2D eigenvalue weighted by molar-refractivity contribution is 0.0884. The van der Waals surface area contributed by atoms with Crippen LogP contribution in [-0.2, 0) is 0 Å². The van der Waals surface area contributed by atoms with Gasteiger partial charge in [-0.15, -0.1) is 0 Å². The highest BCUT2D eigenvalue weighted by Gasteiger charge is 2.17. The van der Waals surface area contributed by atoms with Crippen molar-refractivity contribution in [3.05, 3.63) is 11.9 Å². The summed E-state index contributed by atoms with van der Waals surface area (Å²) < 4.78 is 0. The van der Waals surface area contributed by atoms with Gasteiger partial charge in [-0.05, 0) is 20.8 Å². The summed E-state index contributed by atoms with van der Waals surface area (Å²) in [6.07, 6.45) is 0. The summed E-state index contributed by atoms with van der Waals surface area (Å²) >= 11 is 0. The van der Waals surface area contributed by atoms with Crippen molar-refractivity contribution in [3.8, 4) is 0 Å². The third-order valence-corrected chi connectivity index (χ3v) is 2.10. The summed E-state index contributed by atoms with van der Waals surface area (Å²) in [5, 5.41) is 12.7. The van der Waals surface area contributed by atoms with Crippen LogP contribution in [0, 0.1) is 6.92 Å². The number of nitrogens with zero attached hydrogens (tertiary/aromatic N) is 3. The molecule has 5 heteroatoms. The number of rotatable bonds is 4. The molecule has 0 radical (unpaired) electrons. The monoisotopic (exact) mass is 224 g/mol. The normalized spacial score (nSPS) is 11.4. The Morgan fingerprint density at radius 3 is 2.56 bits per heavy atom. The molecule has 0 unspecified atom stereocenters. The highest BCUT2D eigenvalue weighted by atomic mass is 16.3. The van der Waals surface area contributed by atoms with E-state index in [1.807, 2.05) is 32.0 Å². The topological polar surface area (TPSA) is 61.3 Å². The Morgan fingerprint density at radius 1 is 1.44 bits per heavy atom. The minimum Gasteiger partial charge on any atom is -0.389 e. The molecule has 0 saturated heterocycles. The number of aliphatic hydroxyl groups is 1. The van der Waals surface area contributed by atoms with Crippen LogP contribution in [0.25, 0.3) is 0 Å². The van der Waals surface area contributed by atoms with Gasteiger partial charge < -0.3 is 15.3 Å². The van der Waals surface area contributed by atoms with Crippen molar-refractivity contribution in [1.29, 1.82) is 0 Å². The molecule has 0 aliphatic rings. The molecule has 1 aromatic heterocycles. The largest absolute Gasteiger partial charge is 0.389 e. The first kappa shape index (κ1) is 12.7. The van der Waals surface area contributed by atoms with Crippen LogP contribution in [0.5, 0.6) is 0 Å². The van der Waals surface area contributed by atoms with Gasteiger partial charge in [0.25, 0.3) is 0 Å². The first-order chi connectivity index (χ1) is 7.31. The highest BCUT2D eigenvalue weighted by Crippen LogP contribution is 2.16. The van der Waals surface area contributed by atoms with Gasteiger partial charge in [-0.3, -0.25) is 0 Å². The number of hydrogen-bond donors (Lipinski definition) is 2. The van der Waals surface area contributed by atoms with Gasteiger partial charge in [-0.25, -0.2) is 9.97 Å². The molecule has 5 nitrogen and oxygen atoms in total. The van der Waals surface area contributed by atoms with Crippen LogP contribution in [0.15, 0.2) is 6.07 Å². The van der Waals surface area contributed by atoms with Gasteiger partial charge in [0.05, 0.1) is 5.60 Å². The van der Waals surface area contributed by atoms with Crippen molar-refractivity contribution in [2.45, 2.75) is 26.4 Å². The van der Waals surface area contributed by atoms with E-state index in [1.165, 1.54) is 0 Å². The van der Waals surface area contributed by atoms with E-state index in [9.17, 15) is 5.11 Å². The Hall–Kier alpha value is -1.36. The molecule has 0 aliphatic heterocycles. The Morgan fingerprint density at radius 2 is 2.06 bits per heavy atom. The average Bonchev–Trinajstić information content (AvgIpc) is 2.14. The van der Waals surface area contributed by atoms with Crippen LogP contribution in [0.1, 0.15) is 19.7 Å². The molecule has 0 bridgehead atoms. The first-order valence-electron chi connectivity index (χ1n) is 5.29. The Kier molecular flexibility index (Phi) is 3.70. The molecular formula is C11H20N4O. The predicted molar refractivity (Wildman–Crippen MR) is 65.9 cm³/mol. The van der Waals surface area contributed by atoms with Gasteiger partial charge in [0.1, 0.15) is 17.5 Å². The Labute approximate surface area is 96.5 Å². The zero-order valence-corrected chi connectivity index (χ0v) is 10.6. The predicted octanol–water partition coefficient (Wildman–Crippen LogP) is 1.03. The average molecular weight is 224 g/mol. The Balaban J connectivity index is 2.90. The van der Waals surface area contributed by atoms with E-state index in [1.54, 1.807) is 13.8 Å². The molecular weight excluding hydrogens is 204 g/mol. The van der Waals surface area contributed by atoms with Crippen molar-refractivity contribution >= 4 is 11.6 Å². The smallest absolute Gasteiger partial charge is 0.134 e.